The minimum Gasteiger partial charge on any atom is -0.497 e. The molecule has 0 atom stereocenters. The Morgan fingerprint density at radius 3 is 2.08 bits per heavy atom. The first-order valence-electron chi connectivity index (χ1n) is 3.85. The lowest BCUT2D eigenvalue weighted by Crippen LogP contribution is -1.87. The van der Waals surface area contributed by atoms with Crippen LogP contribution in [0.3, 0.4) is 0 Å². The number of hydrogen-bond acceptors (Lipinski definition) is 1. The molecule has 0 aliphatic rings. The quantitative estimate of drug-likeness (QED) is 0.483. The number of hydrogen-bond donors (Lipinski definition) is 0. The molecule has 0 unspecified atom stereocenters. The fourth-order valence-electron chi connectivity index (χ4n) is 0.439. The smallest absolute Gasteiger partial charge is 0.116 e. The number of rotatable bonds is 3. The molecule has 0 N–H and O–H groups in total. The molecular weight excluding hydrogens is 172 g/mol. The van der Waals surface area contributed by atoms with Crippen LogP contribution in [-0.4, -0.2) is 7.11 Å². The second kappa shape index (κ2) is 8.41. The third kappa shape index (κ3) is 5.03. The molecule has 0 spiro atoms. The van der Waals surface area contributed by atoms with Gasteiger partial charge < -0.3 is 4.74 Å². The van der Waals surface area contributed by atoms with Crippen molar-refractivity contribution >= 4 is 11.6 Å². The Morgan fingerprint density at radius 1 is 1.42 bits per heavy atom. The second-order valence-electron chi connectivity index (χ2n) is 1.80. The molecule has 0 saturated carbocycles. The van der Waals surface area contributed by atoms with Crippen molar-refractivity contribution in [2.75, 3.05) is 7.11 Å². The molecule has 0 aromatic carbocycles. The van der Waals surface area contributed by atoms with E-state index in [-0.39, 0.29) is 0 Å². The van der Waals surface area contributed by atoms with Gasteiger partial charge in [0.25, 0.3) is 0 Å². The van der Waals surface area contributed by atoms with E-state index in [9.17, 15) is 0 Å². The largest absolute Gasteiger partial charge is 0.497 e. The third-order valence-corrected chi connectivity index (χ3v) is 1.64. The minimum atomic E-state index is 0.574. The van der Waals surface area contributed by atoms with Crippen LogP contribution in [0, 0.1) is 0 Å². The summed E-state index contributed by atoms with van der Waals surface area (Å²) in [5, 5.41) is 0.576. The van der Waals surface area contributed by atoms with Gasteiger partial charge in [-0.3, -0.25) is 0 Å². The first-order chi connectivity index (χ1) is 5.63. The Morgan fingerprint density at radius 2 is 1.83 bits per heavy atom. The SMILES string of the molecule is C=C/C(Cl)=C(/C)C(=C)OC.CC. The highest BCUT2D eigenvalue weighted by atomic mass is 35.5. The van der Waals surface area contributed by atoms with E-state index < -0.39 is 0 Å². The van der Waals surface area contributed by atoms with Gasteiger partial charge in [0, 0.05) is 10.6 Å². The zero-order valence-corrected chi connectivity index (χ0v) is 9.03. The van der Waals surface area contributed by atoms with Gasteiger partial charge in [-0.25, -0.2) is 0 Å². The van der Waals surface area contributed by atoms with Crippen molar-refractivity contribution < 1.29 is 4.74 Å². The lowest BCUT2D eigenvalue weighted by Gasteiger charge is -2.03. The highest BCUT2D eigenvalue weighted by Crippen LogP contribution is 2.16. The van der Waals surface area contributed by atoms with Crippen LogP contribution in [-0.2, 0) is 4.74 Å². The molecule has 1 nitrogen and oxygen atoms in total. The standard InChI is InChI=1S/C8H11ClO.C2H6/c1-5-8(9)6(2)7(3)10-4;1-2/h5H,1,3H2,2,4H3;1-2H3/b8-6+;. The van der Waals surface area contributed by atoms with Crippen LogP contribution in [0.2, 0.25) is 0 Å². The van der Waals surface area contributed by atoms with E-state index in [1.54, 1.807) is 13.2 Å². The van der Waals surface area contributed by atoms with Gasteiger partial charge in [-0.2, -0.15) is 0 Å². The summed E-state index contributed by atoms with van der Waals surface area (Å²) in [4.78, 5) is 0. The topological polar surface area (TPSA) is 9.23 Å². The van der Waals surface area contributed by atoms with Crippen LogP contribution >= 0.6 is 11.6 Å². The molecule has 2 heteroatoms. The van der Waals surface area contributed by atoms with Gasteiger partial charge in [-0.1, -0.05) is 44.7 Å². The van der Waals surface area contributed by atoms with E-state index in [1.807, 2.05) is 20.8 Å². The Labute approximate surface area is 80.4 Å². The summed E-state index contributed by atoms with van der Waals surface area (Å²) in [7, 11) is 1.55. The average Bonchev–Trinajstić information content (AvgIpc) is 2.17. The molecule has 0 amide bonds. The third-order valence-electron chi connectivity index (χ3n) is 1.20. The molecular formula is C10H17ClO. The van der Waals surface area contributed by atoms with Crippen molar-refractivity contribution in [1.29, 1.82) is 0 Å². The molecule has 0 saturated heterocycles. The van der Waals surface area contributed by atoms with Gasteiger partial charge >= 0.3 is 0 Å². The number of allylic oxidation sites excluding steroid dienone is 3. The molecule has 0 aliphatic heterocycles. The highest BCUT2D eigenvalue weighted by molar-refractivity contribution is 6.31. The summed E-state index contributed by atoms with van der Waals surface area (Å²) in [6, 6.07) is 0. The fraction of sp³-hybridized carbons (Fsp3) is 0.400. The van der Waals surface area contributed by atoms with Gasteiger partial charge in [-0.15, -0.1) is 0 Å². The number of methoxy groups -OCH3 is 1. The molecule has 0 fully saturated rings. The predicted molar refractivity (Wildman–Crippen MR) is 56.2 cm³/mol. The molecule has 12 heavy (non-hydrogen) atoms. The zero-order chi connectivity index (χ0) is 10.1. The van der Waals surface area contributed by atoms with E-state index in [0.717, 1.165) is 5.57 Å². The second-order valence-corrected chi connectivity index (χ2v) is 2.21. The minimum absolute atomic E-state index is 0.574. The van der Waals surface area contributed by atoms with Crippen LogP contribution in [0.25, 0.3) is 0 Å². The lowest BCUT2D eigenvalue weighted by atomic mass is 10.2. The lowest BCUT2D eigenvalue weighted by molar-refractivity contribution is 0.302. The maximum Gasteiger partial charge on any atom is 0.116 e. The molecule has 0 bridgehead atoms. The van der Waals surface area contributed by atoms with Crippen molar-refractivity contribution in [3.8, 4) is 0 Å². The summed E-state index contributed by atoms with van der Waals surface area (Å²) in [5.41, 5.74) is 0.819. The monoisotopic (exact) mass is 188 g/mol. The van der Waals surface area contributed by atoms with E-state index in [0.29, 0.717) is 10.8 Å². The first kappa shape index (κ1) is 13.9. The van der Waals surface area contributed by atoms with Crippen LogP contribution < -0.4 is 0 Å². The summed E-state index contributed by atoms with van der Waals surface area (Å²) < 4.78 is 4.85. The molecule has 0 aromatic heterocycles. The summed E-state index contributed by atoms with van der Waals surface area (Å²) in [6.07, 6.45) is 1.56. The van der Waals surface area contributed by atoms with Crippen LogP contribution in [0.5, 0.6) is 0 Å². The summed E-state index contributed by atoms with van der Waals surface area (Å²) in [5.74, 6) is 0.574. The maximum absolute atomic E-state index is 5.71. The maximum atomic E-state index is 5.71. The average molecular weight is 189 g/mol. The van der Waals surface area contributed by atoms with Gasteiger partial charge in [-0.05, 0) is 6.92 Å². The Kier molecular flexibility index (Phi) is 9.72. The normalized spacial score (nSPS) is 10.4. The van der Waals surface area contributed by atoms with E-state index in [1.165, 1.54) is 0 Å². The summed E-state index contributed by atoms with van der Waals surface area (Å²) in [6.45, 7) is 13.0. The van der Waals surface area contributed by atoms with Crippen molar-refractivity contribution in [2.24, 2.45) is 0 Å². The van der Waals surface area contributed by atoms with Crippen LogP contribution in [0.1, 0.15) is 20.8 Å². The van der Waals surface area contributed by atoms with Crippen molar-refractivity contribution in [3.63, 3.8) is 0 Å². The van der Waals surface area contributed by atoms with Crippen LogP contribution in [0.15, 0.2) is 35.6 Å². The van der Waals surface area contributed by atoms with Gasteiger partial charge in [0.1, 0.15) is 5.76 Å². The molecule has 0 rings (SSSR count). The summed E-state index contributed by atoms with van der Waals surface area (Å²) >= 11 is 5.71. The molecule has 0 radical (unpaired) electrons. The fourth-order valence-corrected chi connectivity index (χ4v) is 0.545. The Bertz CT molecular complexity index is 180. The van der Waals surface area contributed by atoms with Crippen LogP contribution in [0.4, 0.5) is 0 Å². The van der Waals surface area contributed by atoms with Gasteiger partial charge in [0.2, 0.25) is 0 Å². The Balaban J connectivity index is 0. The zero-order valence-electron chi connectivity index (χ0n) is 8.28. The number of ether oxygens (including phenoxy) is 1. The van der Waals surface area contributed by atoms with Crippen molar-refractivity contribution in [3.05, 3.63) is 35.6 Å². The molecule has 0 aromatic rings. The van der Waals surface area contributed by atoms with Crippen molar-refractivity contribution in [1.82, 2.24) is 0 Å². The van der Waals surface area contributed by atoms with Gasteiger partial charge in [0.05, 0.1) is 7.11 Å². The van der Waals surface area contributed by atoms with E-state index in [2.05, 4.69) is 13.2 Å². The number of halogens is 1. The molecule has 70 valence electrons. The van der Waals surface area contributed by atoms with Crippen molar-refractivity contribution in [2.45, 2.75) is 20.8 Å². The van der Waals surface area contributed by atoms with Gasteiger partial charge in [0.15, 0.2) is 0 Å². The van der Waals surface area contributed by atoms with E-state index >= 15 is 0 Å². The Hall–Kier alpha value is -0.690. The molecule has 0 aliphatic carbocycles. The first-order valence-corrected chi connectivity index (χ1v) is 4.23. The highest BCUT2D eigenvalue weighted by Gasteiger charge is 1.98. The van der Waals surface area contributed by atoms with E-state index in [4.69, 9.17) is 16.3 Å². The molecule has 0 heterocycles. The predicted octanol–water partition coefficient (Wildman–Crippen LogP) is 3.87.